The monoisotopic (exact) mass is 473 g/mol. The predicted octanol–water partition coefficient (Wildman–Crippen LogP) is 0.507. The van der Waals surface area contributed by atoms with Crippen molar-refractivity contribution in [1.82, 2.24) is 14.1 Å². The maximum absolute atomic E-state index is 13.0. The van der Waals surface area contributed by atoms with Gasteiger partial charge in [-0.2, -0.15) is 8.61 Å². The average molecular weight is 474 g/mol. The zero-order valence-electron chi connectivity index (χ0n) is 17.2. The molecule has 10 nitrogen and oxygen atoms in total. The highest BCUT2D eigenvalue weighted by Gasteiger charge is 2.41. The van der Waals surface area contributed by atoms with E-state index in [9.17, 15) is 21.6 Å². The van der Waals surface area contributed by atoms with E-state index < -0.39 is 38.3 Å². The molecule has 0 aromatic heterocycles. The Balaban J connectivity index is 1.77. The summed E-state index contributed by atoms with van der Waals surface area (Å²) in [5.41, 5.74) is 2.93. The summed E-state index contributed by atoms with van der Waals surface area (Å²) in [6.45, 7) is -0.00523. The molecule has 0 bridgehead atoms. The fourth-order valence-electron chi connectivity index (χ4n) is 3.36. The Labute approximate surface area is 182 Å². The van der Waals surface area contributed by atoms with Crippen molar-refractivity contribution >= 4 is 32.0 Å². The van der Waals surface area contributed by atoms with E-state index in [1.807, 2.05) is 6.07 Å². The van der Waals surface area contributed by atoms with Crippen molar-refractivity contribution in [3.63, 3.8) is 0 Å². The standard InChI is InChI=1S/C19H27N3O7S2/c1-30(24,25)21-11-12-22(31(26,27)14-10-16-7-3-2-4-8-16)17(15-21)19(23)20-29-18-9-5-6-13-28-18/h2-4,7-8,10,14,17-18H,5-6,9,11-13,15H2,1H3,(H,20,23)/b14-10+/t17-,18?/m1/s1. The second-order valence-corrected chi connectivity index (χ2v) is 11.1. The molecule has 1 amide bonds. The van der Waals surface area contributed by atoms with Crippen LogP contribution in [0.4, 0.5) is 0 Å². The fourth-order valence-corrected chi connectivity index (χ4v) is 5.53. The first-order valence-electron chi connectivity index (χ1n) is 9.94. The van der Waals surface area contributed by atoms with Crippen LogP contribution in [0.1, 0.15) is 24.8 Å². The molecule has 0 radical (unpaired) electrons. The highest BCUT2D eigenvalue weighted by Crippen LogP contribution is 2.20. The largest absolute Gasteiger partial charge is 0.350 e. The van der Waals surface area contributed by atoms with Crippen LogP contribution in [0.5, 0.6) is 0 Å². The lowest BCUT2D eigenvalue weighted by Crippen LogP contribution is -2.61. The van der Waals surface area contributed by atoms with Gasteiger partial charge < -0.3 is 4.74 Å². The third-order valence-corrected chi connectivity index (χ3v) is 7.89. The van der Waals surface area contributed by atoms with E-state index >= 15 is 0 Å². The molecule has 2 saturated heterocycles. The lowest BCUT2D eigenvalue weighted by molar-refractivity contribution is -0.202. The number of amides is 1. The Morgan fingerprint density at radius 3 is 2.55 bits per heavy atom. The molecule has 2 fully saturated rings. The number of hydrogen-bond donors (Lipinski definition) is 1. The van der Waals surface area contributed by atoms with E-state index in [-0.39, 0.29) is 19.6 Å². The first-order chi connectivity index (χ1) is 14.7. The minimum absolute atomic E-state index is 0.0480. The summed E-state index contributed by atoms with van der Waals surface area (Å²) in [7, 11) is -7.61. The van der Waals surface area contributed by atoms with Gasteiger partial charge in [-0.1, -0.05) is 30.3 Å². The lowest BCUT2D eigenvalue weighted by atomic mass is 10.2. The quantitative estimate of drug-likeness (QED) is 0.573. The molecule has 2 atom stereocenters. The van der Waals surface area contributed by atoms with Crippen LogP contribution < -0.4 is 5.48 Å². The fraction of sp³-hybridized carbons (Fsp3) is 0.526. The number of ether oxygens (including phenoxy) is 1. The highest BCUT2D eigenvalue weighted by molar-refractivity contribution is 7.92. The number of hydroxylamine groups is 1. The first-order valence-corrected chi connectivity index (χ1v) is 13.3. The zero-order valence-corrected chi connectivity index (χ0v) is 18.8. The van der Waals surface area contributed by atoms with Crippen LogP contribution in [0.2, 0.25) is 0 Å². The Morgan fingerprint density at radius 1 is 1.16 bits per heavy atom. The Bertz CT molecular complexity index is 991. The van der Waals surface area contributed by atoms with Crippen molar-refractivity contribution in [3.8, 4) is 0 Å². The molecule has 0 spiro atoms. The molecule has 1 aromatic carbocycles. The van der Waals surface area contributed by atoms with Crippen LogP contribution >= 0.6 is 0 Å². The summed E-state index contributed by atoms with van der Waals surface area (Å²) in [5, 5.41) is 1.02. The van der Waals surface area contributed by atoms with Gasteiger partial charge in [0.15, 0.2) is 6.29 Å². The summed E-state index contributed by atoms with van der Waals surface area (Å²) >= 11 is 0. The molecule has 0 saturated carbocycles. The minimum Gasteiger partial charge on any atom is -0.350 e. The van der Waals surface area contributed by atoms with E-state index in [1.54, 1.807) is 24.3 Å². The number of sulfonamides is 2. The molecule has 2 heterocycles. The Hall–Kier alpha value is -1.83. The molecular weight excluding hydrogens is 446 g/mol. The van der Waals surface area contributed by atoms with Crippen LogP contribution in [-0.2, 0) is 34.4 Å². The van der Waals surface area contributed by atoms with Gasteiger partial charge in [-0.15, -0.1) is 0 Å². The second-order valence-electron chi connectivity index (χ2n) is 7.39. The Kier molecular flexibility index (Phi) is 7.83. The average Bonchev–Trinajstić information content (AvgIpc) is 2.76. The topological polar surface area (TPSA) is 122 Å². The van der Waals surface area contributed by atoms with Crippen LogP contribution in [0.3, 0.4) is 0 Å². The summed E-state index contributed by atoms with van der Waals surface area (Å²) < 4.78 is 57.4. The van der Waals surface area contributed by atoms with Crippen LogP contribution in [0, 0.1) is 0 Å². The van der Waals surface area contributed by atoms with E-state index in [0.717, 1.165) is 33.1 Å². The molecule has 2 aliphatic rings. The number of nitrogens with zero attached hydrogens (tertiary/aromatic N) is 2. The van der Waals surface area contributed by atoms with Gasteiger partial charge in [-0.3, -0.25) is 4.79 Å². The van der Waals surface area contributed by atoms with Crippen molar-refractivity contribution in [2.24, 2.45) is 0 Å². The summed E-state index contributed by atoms with van der Waals surface area (Å²) in [6, 6.07) is 7.58. The molecular formula is C19H27N3O7S2. The summed E-state index contributed by atoms with van der Waals surface area (Å²) in [6.07, 6.45) is 4.22. The minimum atomic E-state index is -4.00. The van der Waals surface area contributed by atoms with E-state index in [1.165, 1.54) is 6.08 Å². The molecule has 1 N–H and O–H groups in total. The van der Waals surface area contributed by atoms with Crippen molar-refractivity contribution in [2.75, 3.05) is 32.5 Å². The van der Waals surface area contributed by atoms with Crippen LogP contribution in [0.15, 0.2) is 35.7 Å². The highest BCUT2D eigenvalue weighted by atomic mass is 32.2. The van der Waals surface area contributed by atoms with Crippen molar-refractivity contribution in [1.29, 1.82) is 0 Å². The summed E-state index contributed by atoms with van der Waals surface area (Å²) in [5.74, 6) is -0.751. The van der Waals surface area contributed by atoms with Gasteiger partial charge in [0.25, 0.3) is 5.91 Å². The molecule has 1 unspecified atom stereocenters. The van der Waals surface area contributed by atoms with Gasteiger partial charge in [-0.05, 0) is 24.5 Å². The third-order valence-electron chi connectivity index (χ3n) is 5.05. The van der Waals surface area contributed by atoms with Gasteiger partial charge in [0.1, 0.15) is 6.04 Å². The van der Waals surface area contributed by atoms with E-state index in [0.29, 0.717) is 18.6 Å². The lowest BCUT2D eigenvalue weighted by Gasteiger charge is -2.37. The number of carbonyl (C=O) groups excluding carboxylic acids is 1. The third kappa shape index (κ3) is 6.57. The maximum Gasteiger partial charge on any atom is 0.263 e. The molecule has 2 aliphatic heterocycles. The normalized spacial score (nSPS) is 24.3. The molecule has 172 valence electrons. The van der Waals surface area contributed by atoms with Gasteiger partial charge in [-0.25, -0.2) is 27.2 Å². The smallest absolute Gasteiger partial charge is 0.263 e. The first kappa shape index (κ1) is 23.8. The number of nitrogens with one attached hydrogen (secondary N) is 1. The van der Waals surface area contributed by atoms with Crippen LogP contribution in [0.25, 0.3) is 6.08 Å². The number of benzene rings is 1. The van der Waals surface area contributed by atoms with Gasteiger partial charge in [0.2, 0.25) is 20.0 Å². The van der Waals surface area contributed by atoms with E-state index in [4.69, 9.17) is 9.57 Å². The maximum atomic E-state index is 13.0. The van der Waals surface area contributed by atoms with Crippen LogP contribution in [-0.4, -0.2) is 76.2 Å². The van der Waals surface area contributed by atoms with Crippen molar-refractivity contribution < 1.29 is 31.2 Å². The number of carbonyl (C=O) groups is 1. The van der Waals surface area contributed by atoms with Gasteiger partial charge in [0.05, 0.1) is 6.26 Å². The van der Waals surface area contributed by atoms with Gasteiger partial charge in [0, 0.05) is 38.1 Å². The zero-order chi connectivity index (χ0) is 22.5. The number of hydrogen-bond acceptors (Lipinski definition) is 7. The predicted molar refractivity (Wildman–Crippen MR) is 114 cm³/mol. The second kappa shape index (κ2) is 10.2. The molecule has 12 heteroatoms. The molecule has 1 aromatic rings. The number of piperazine rings is 1. The molecule has 0 aliphatic carbocycles. The number of rotatable bonds is 7. The van der Waals surface area contributed by atoms with Gasteiger partial charge >= 0.3 is 0 Å². The SMILES string of the molecule is CS(=O)(=O)N1CCN(S(=O)(=O)/C=C/c2ccccc2)[C@@H](C(=O)NOC2CCCCO2)C1. The molecule has 3 rings (SSSR count). The molecule has 31 heavy (non-hydrogen) atoms. The van der Waals surface area contributed by atoms with Crippen molar-refractivity contribution in [2.45, 2.75) is 31.6 Å². The Morgan fingerprint density at radius 2 is 1.90 bits per heavy atom. The van der Waals surface area contributed by atoms with Crippen molar-refractivity contribution in [3.05, 3.63) is 41.3 Å². The van der Waals surface area contributed by atoms with E-state index in [2.05, 4.69) is 5.48 Å². The summed E-state index contributed by atoms with van der Waals surface area (Å²) in [4.78, 5) is 18.1.